The van der Waals surface area contributed by atoms with Crippen molar-refractivity contribution in [3.8, 4) is 11.5 Å². The van der Waals surface area contributed by atoms with Gasteiger partial charge in [-0.2, -0.15) is 0 Å². The van der Waals surface area contributed by atoms with Crippen LogP contribution in [0.3, 0.4) is 0 Å². The molecule has 1 aromatic heterocycles. The van der Waals surface area contributed by atoms with Crippen molar-refractivity contribution in [2.75, 3.05) is 34.2 Å². The molecule has 3 aromatic rings. The molecule has 10 heteroatoms. The minimum atomic E-state index is -0.919. The van der Waals surface area contributed by atoms with E-state index in [2.05, 4.69) is 0 Å². The number of hydrogen-bond acceptors (Lipinski definition) is 9. The van der Waals surface area contributed by atoms with Crippen LogP contribution in [0.25, 0.3) is 11.0 Å². The number of ether oxygens (including phenoxy) is 4. The van der Waals surface area contributed by atoms with Crippen LogP contribution in [0.4, 0.5) is 5.69 Å². The standard InChI is InChI=1S/C26H24N2O7S/c1-32-17-11-7-5-9-14(17)13-16-19(27)21(25(30)34-3)28-20(16)23(26(31)35-4)36-22(24(28)29)15-10-6-8-12-18(15)33-2/h5-13,22H,27H2,1-4H3/b16-13+. The molecule has 0 amide bonds. The number of anilines is 1. The third-order valence-electron chi connectivity index (χ3n) is 5.75. The summed E-state index contributed by atoms with van der Waals surface area (Å²) in [6.45, 7) is 0. The van der Waals surface area contributed by atoms with Crippen molar-refractivity contribution < 1.29 is 33.3 Å². The molecule has 1 atom stereocenters. The molecular weight excluding hydrogens is 484 g/mol. The number of hydrogen-bond donors (Lipinski definition) is 1. The third kappa shape index (κ3) is 4.09. The van der Waals surface area contributed by atoms with Crippen LogP contribution in [0.2, 0.25) is 0 Å². The molecule has 0 saturated heterocycles. The molecule has 2 N–H and O–H groups in total. The van der Waals surface area contributed by atoms with Gasteiger partial charge in [0.1, 0.15) is 21.7 Å². The average molecular weight is 509 g/mol. The van der Waals surface area contributed by atoms with Crippen molar-refractivity contribution in [3.05, 3.63) is 75.9 Å². The number of carbonyl (C=O) groups is 3. The number of rotatable bonds is 6. The van der Waals surface area contributed by atoms with Crippen LogP contribution >= 0.6 is 11.8 Å². The van der Waals surface area contributed by atoms with E-state index in [1.165, 1.54) is 28.4 Å². The van der Waals surface area contributed by atoms with Crippen LogP contribution in [0.1, 0.15) is 31.7 Å². The molecule has 9 nitrogen and oxygen atoms in total. The summed E-state index contributed by atoms with van der Waals surface area (Å²) in [7, 11) is 5.44. The first-order valence-electron chi connectivity index (χ1n) is 10.8. The van der Waals surface area contributed by atoms with Crippen molar-refractivity contribution in [2.24, 2.45) is 0 Å². The second-order valence-electron chi connectivity index (χ2n) is 7.64. The normalized spacial score (nSPS) is 15.3. The summed E-state index contributed by atoms with van der Waals surface area (Å²) in [5.74, 6) is -0.998. The van der Waals surface area contributed by atoms with Gasteiger partial charge in [-0.3, -0.25) is 9.36 Å². The highest BCUT2D eigenvalue weighted by Crippen LogP contribution is 2.42. The van der Waals surface area contributed by atoms with Gasteiger partial charge in [-0.05, 0) is 18.2 Å². The summed E-state index contributed by atoms with van der Waals surface area (Å²) >= 11 is 1.01. The molecular formula is C26H24N2O7S. The molecule has 2 aromatic carbocycles. The van der Waals surface area contributed by atoms with Gasteiger partial charge in [0.05, 0.1) is 39.5 Å². The third-order valence-corrected chi connectivity index (χ3v) is 7.04. The van der Waals surface area contributed by atoms with Crippen molar-refractivity contribution in [1.29, 1.82) is 0 Å². The highest BCUT2D eigenvalue weighted by atomic mass is 32.2. The number of nitrogens with zero attached hydrogens (tertiary/aromatic N) is 1. The largest absolute Gasteiger partial charge is 0.496 e. The van der Waals surface area contributed by atoms with Gasteiger partial charge in [0, 0.05) is 16.3 Å². The van der Waals surface area contributed by atoms with Gasteiger partial charge in [-0.1, -0.05) is 48.2 Å². The number of fused-ring (bicyclic) bond motifs is 1. The molecule has 0 fully saturated rings. The lowest BCUT2D eigenvalue weighted by molar-refractivity contribution is -0.133. The molecule has 1 aliphatic heterocycles. The molecule has 0 aliphatic carbocycles. The van der Waals surface area contributed by atoms with E-state index in [9.17, 15) is 14.4 Å². The topological polar surface area (TPSA) is 119 Å². The van der Waals surface area contributed by atoms with Gasteiger partial charge >= 0.3 is 11.9 Å². The number of nitrogen functional groups attached to an aromatic ring is 1. The fraction of sp³-hybridized carbons (Fsp3) is 0.192. The Morgan fingerprint density at radius 1 is 0.917 bits per heavy atom. The maximum absolute atomic E-state index is 13.9. The Kier molecular flexibility index (Phi) is 7.07. The van der Waals surface area contributed by atoms with Gasteiger partial charge in [-0.15, -0.1) is 0 Å². The smallest absolute Gasteiger partial charge is 0.357 e. The predicted octanol–water partition coefficient (Wildman–Crippen LogP) is 2.11. The number of carbonyl (C=O) groups excluding carboxylic acids is 3. The minimum absolute atomic E-state index is 0.0150. The monoisotopic (exact) mass is 508 g/mol. The zero-order valence-corrected chi connectivity index (χ0v) is 20.9. The summed E-state index contributed by atoms with van der Waals surface area (Å²) in [4.78, 5) is 40.0. The van der Waals surface area contributed by atoms with E-state index in [1.54, 1.807) is 54.6 Å². The minimum Gasteiger partial charge on any atom is -0.496 e. The van der Waals surface area contributed by atoms with Crippen molar-refractivity contribution in [1.82, 2.24) is 4.57 Å². The maximum atomic E-state index is 13.9. The first-order valence-corrected chi connectivity index (χ1v) is 11.7. The van der Waals surface area contributed by atoms with Crippen LogP contribution in [0.5, 0.6) is 11.5 Å². The van der Waals surface area contributed by atoms with Gasteiger partial charge in [0.25, 0.3) is 0 Å². The SMILES string of the molecule is COC(=O)C1=c2/c(=C/c3ccccc3OC)c(N)c(C(=O)OC)n2C(=O)C(c2ccccc2OC)S1. The zero-order chi connectivity index (χ0) is 26.0. The van der Waals surface area contributed by atoms with Crippen LogP contribution in [-0.4, -0.2) is 50.9 Å². The number of methoxy groups -OCH3 is 4. The number of benzene rings is 2. The Morgan fingerprint density at radius 3 is 2.17 bits per heavy atom. The summed E-state index contributed by atoms with van der Waals surface area (Å²) in [6.07, 6.45) is 1.66. The van der Waals surface area contributed by atoms with Gasteiger partial charge < -0.3 is 24.7 Å². The summed E-state index contributed by atoms with van der Waals surface area (Å²) in [6, 6.07) is 14.1. The van der Waals surface area contributed by atoms with E-state index < -0.39 is 23.1 Å². The number of esters is 2. The summed E-state index contributed by atoms with van der Waals surface area (Å²) in [5.41, 5.74) is 7.42. The molecule has 2 heterocycles. The highest BCUT2D eigenvalue weighted by Gasteiger charge is 2.39. The predicted molar refractivity (Wildman–Crippen MR) is 135 cm³/mol. The summed E-state index contributed by atoms with van der Waals surface area (Å²) in [5, 5.41) is -0.483. The highest BCUT2D eigenvalue weighted by molar-refractivity contribution is 8.10. The molecule has 186 valence electrons. The Morgan fingerprint density at radius 2 is 1.53 bits per heavy atom. The molecule has 0 saturated carbocycles. The Hall–Kier alpha value is -4.18. The van der Waals surface area contributed by atoms with Crippen LogP contribution in [-0.2, 0) is 14.3 Å². The maximum Gasteiger partial charge on any atom is 0.357 e. The van der Waals surface area contributed by atoms with E-state index in [0.717, 1.165) is 16.3 Å². The Labute approximate surface area is 211 Å². The van der Waals surface area contributed by atoms with Crippen LogP contribution < -0.4 is 25.8 Å². The molecule has 4 rings (SSSR count). The molecule has 0 spiro atoms. The van der Waals surface area contributed by atoms with E-state index in [4.69, 9.17) is 24.7 Å². The molecule has 0 radical (unpaired) electrons. The van der Waals surface area contributed by atoms with Crippen molar-refractivity contribution in [2.45, 2.75) is 5.25 Å². The van der Waals surface area contributed by atoms with E-state index in [0.29, 0.717) is 27.8 Å². The summed E-state index contributed by atoms with van der Waals surface area (Å²) < 4.78 is 22.1. The van der Waals surface area contributed by atoms with Crippen LogP contribution in [0.15, 0.2) is 48.5 Å². The first kappa shape index (κ1) is 24.9. The average Bonchev–Trinajstić information content (AvgIpc) is 3.20. The van der Waals surface area contributed by atoms with E-state index >= 15 is 0 Å². The van der Waals surface area contributed by atoms with Crippen molar-refractivity contribution >= 4 is 46.3 Å². The Bertz CT molecular complexity index is 1490. The molecule has 36 heavy (non-hydrogen) atoms. The number of aromatic nitrogens is 1. The number of thioether (sulfide) groups is 1. The molecule has 0 bridgehead atoms. The van der Waals surface area contributed by atoms with Gasteiger partial charge in [0.15, 0.2) is 5.69 Å². The fourth-order valence-electron chi connectivity index (χ4n) is 4.10. The fourth-order valence-corrected chi connectivity index (χ4v) is 5.35. The lowest BCUT2D eigenvalue weighted by Crippen LogP contribution is -2.42. The number of nitrogens with two attached hydrogens (primary N) is 1. The molecule has 1 unspecified atom stereocenters. The Balaban J connectivity index is 2.14. The molecule has 1 aliphatic rings. The van der Waals surface area contributed by atoms with E-state index in [1.807, 2.05) is 0 Å². The van der Waals surface area contributed by atoms with E-state index in [-0.39, 0.29) is 21.6 Å². The second kappa shape index (κ2) is 10.2. The van der Waals surface area contributed by atoms with Crippen LogP contribution in [0, 0.1) is 0 Å². The lowest BCUT2D eigenvalue weighted by Gasteiger charge is -2.24. The van der Waals surface area contributed by atoms with Gasteiger partial charge in [-0.25, -0.2) is 9.59 Å². The van der Waals surface area contributed by atoms with Gasteiger partial charge in [0.2, 0.25) is 5.91 Å². The quantitative estimate of drug-likeness (QED) is 0.499. The lowest BCUT2D eigenvalue weighted by atomic mass is 10.1. The number of para-hydroxylation sites is 2. The second-order valence-corrected chi connectivity index (χ2v) is 8.75. The zero-order valence-electron chi connectivity index (χ0n) is 20.1. The van der Waals surface area contributed by atoms with Crippen molar-refractivity contribution in [3.63, 3.8) is 0 Å². The first-order chi connectivity index (χ1) is 17.4.